The summed E-state index contributed by atoms with van der Waals surface area (Å²) < 4.78 is 12.8. The number of carbonyl (C=O) groups excluding carboxylic acids is 1. The number of aliphatic hydroxyl groups is 1. The van der Waals surface area contributed by atoms with E-state index in [4.69, 9.17) is 5.73 Å². The molecule has 0 radical (unpaired) electrons. The summed E-state index contributed by atoms with van der Waals surface area (Å²) in [5, 5.41) is 9.79. The van der Waals surface area contributed by atoms with Crippen molar-refractivity contribution in [2.75, 3.05) is 6.54 Å². The lowest BCUT2D eigenvalue weighted by molar-refractivity contribution is -0.145. The van der Waals surface area contributed by atoms with Crippen LogP contribution >= 0.6 is 0 Å². The van der Waals surface area contributed by atoms with Gasteiger partial charge in [-0.15, -0.1) is 0 Å². The van der Waals surface area contributed by atoms with E-state index < -0.39 is 12.3 Å². The summed E-state index contributed by atoms with van der Waals surface area (Å²) in [6.45, 7) is 0.553. The summed E-state index contributed by atoms with van der Waals surface area (Å²) >= 11 is 0. The molecular weight excluding hydrogens is 247 g/mol. The minimum absolute atomic E-state index is 0.239. The highest BCUT2D eigenvalue weighted by atomic mass is 19.1. The number of hydrogen-bond donors (Lipinski definition) is 2. The summed E-state index contributed by atoms with van der Waals surface area (Å²) in [5.41, 5.74) is 6.70. The Hall–Kier alpha value is -1.46. The van der Waals surface area contributed by atoms with E-state index >= 15 is 0 Å². The molecule has 5 heteroatoms. The highest BCUT2D eigenvalue weighted by molar-refractivity contribution is 5.82. The summed E-state index contributed by atoms with van der Waals surface area (Å²) in [6.07, 6.45) is 2.06. The Labute approximate surface area is 112 Å². The van der Waals surface area contributed by atoms with Gasteiger partial charge in [-0.05, 0) is 43.4 Å². The van der Waals surface area contributed by atoms with Crippen LogP contribution in [0.1, 0.15) is 24.8 Å². The van der Waals surface area contributed by atoms with Gasteiger partial charge in [0.05, 0.1) is 6.04 Å². The third-order valence-electron chi connectivity index (χ3n) is 3.44. The molecule has 1 aromatic carbocycles. The molecule has 1 unspecified atom stereocenters. The fourth-order valence-electron chi connectivity index (χ4n) is 2.35. The molecule has 3 N–H and O–H groups in total. The molecule has 2 rings (SSSR count). The number of piperidine rings is 1. The van der Waals surface area contributed by atoms with Crippen LogP contribution in [0.4, 0.5) is 4.39 Å². The van der Waals surface area contributed by atoms with E-state index in [0.29, 0.717) is 19.4 Å². The Morgan fingerprint density at radius 3 is 2.74 bits per heavy atom. The van der Waals surface area contributed by atoms with Crippen molar-refractivity contribution < 1.29 is 14.3 Å². The van der Waals surface area contributed by atoms with Gasteiger partial charge in [0.1, 0.15) is 12.0 Å². The third-order valence-corrected chi connectivity index (χ3v) is 3.44. The molecule has 0 saturated carbocycles. The van der Waals surface area contributed by atoms with Gasteiger partial charge in [-0.25, -0.2) is 4.39 Å². The number of nitrogens with two attached hydrogens (primary N) is 1. The lowest BCUT2D eigenvalue weighted by Gasteiger charge is -2.33. The van der Waals surface area contributed by atoms with E-state index in [1.54, 1.807) is 12.1 Å². The van der Waals surface area contributed by atoms with Crippen LogP contribution in [0.3, 0.4) is 0 Å². The standard InChI is InChI=1S/C14H19FN2O2/c15-11-6-4-10(5-7-11)9-12(16)14(19)17-8-2-1-3-13(17)18/h4-7,12-13,18H,1-3,8-9,16H2/t12-,13?/m0/s1. The minimum atomic E-state index is -0.722. The molecule has 2 atom stereocenters. The average Bonchev–Trinajstić information content (AvgIpc) is 2.41. The number of likely N-dealkylation sites (tertiary alicyclic amines) is 1. The van der Waals surface area contributed by atoms with Gasteiger partial charge in [0, 0.05) is 6.54 Å². The van der Waals surface area contributed by atoms with E-state index in [1.807, 2.05) is 0 Å². The molecule has 1 heterocycles. The maximum Gasteiger partial charge on any atom is 0.241 e. The average molecular weight is 266 g/mol. The van der Waals surface area contributed by atoms with Gasteiger partial charge in [0.2, 0.25) is 5.91 Å². The first-order valence-corrected chi connectivity index (χ1v) is 6.56. The van der Waals surface area contributed by atoms with Crippen LogP contribution < -0.4 is 5.73 Å². The van der Waals surface area contributed by atoms with Gasteiger partial charge in [0.25, 0.3) is 0 Å². The van der Waals surface area contributed by atoms with Crippen molar-refractivity contribution in [3.8, 4) is 0 Å². The van der Waals surface area contributed by atoms with Crippen molar-refractivity contribution in [1.82, 2.24) is 4.90 Å². The predicted octanol–water partition coefficient (Wildman–Crippen LogP) is 1.03. The molecule has 0 aromatic heterocycles. The fourth-order valence-corrected chi connectivity index (χ4v) is 2.35. The smallest absolute Gasteiger partial charge is 0.241 e. The predicted molar refractivity (Wildman–Crippen MR) is 69.7 cm³/mol. The van der Waals surface area contributed by atoms with Gasteiger partial charge in [-0.3, -0.25) is 4.79 Å². The summed E-state index contributed by atoms with van der Waals surface area (Å²) in [7, 11) is 0. The maximum absolute atomic E-state index is 12.8. The summed E-state index contributed by atoms with van der Waals surface area (Å²) in [4.78, 5) is 13.6. The van der Waals surface area contributed by atoms with Crippen molar-refractivity contribution in [3.05, 3.63) is 35.6 Å². The molecule has 0 spiro atoms. The second-order valence-electron chi connectivity index (χ2n) is 4.95. The molecule has 0 aliphatic carbocycles. The van der Waals surface area contributed by atoms with Crippen molar-refractivity contribution in [2.24, 2.45) is 5.73 Å². The third kappa shape index (κ3) is 3.52. The Kier molecular flexibility index (Phi) is 4.50. The van der Waals surface area contributed by atoms with Crippen molar-refractivity contribution in [1.29, 1.82) is 0 Å². The van der Waals surface area contributed by atoms with Crippen LogP contribution in [0, 0.1) is 5.82 Å². The first kappa shape index (κ1) is 14.0. The zero-order valence-corrected chi connectivity index (χ0v) is 10.8. The number of halogens is 1. The quantitative estimate of drug-likeness (QED) is 0.858. The van der Waals surface area contributed by atoms with Crippen molar-refractivity contribution in [3.63, 3.8) is 0 Å². The molecule has 1 amide bonds. The highest BCUT2D eigenvalue weighted by Gasteiger charge is 2.28. The highest BCUT2D eigenvalue weighted by Crippen LogP contribution is 2.16. The first-order chi connectivity index (χ1) is 9.08. The number of carbonyl (C=O) groups is 1. The monoisotopic (exact) mass is 266 g/mol. The maximum atomic E-state index is 12.8. The number of hydrogen-bond acceptors (Lipinski definition) is 3. The van der Waals surface area contributed by atoms with Crippen LogP contribution in [0.15, 0.2) is 24.3 Å². The normalized spacial score (nSPS) is 21.2. The number of rotatable bonds is 3. The van der Waals surface area contributed by atoms with Gasteiger partial charge in [-0.2, -0.15) is 0 Å². The molecule has 104 valence electrons. The molecule has 1 aromatic rings. The largest absolute Gasteiger partial charge is 0.374 e. The van der Waals surface area contributed by atoms with Crippen LogP contribution in [-0.4, -0.2) is 34.7 Å². The molecule has 1 fully saturated rings. The number of amides is 1. The summed E-state index contributed by atoms with van der Waals surface area (Å²) in [5.74, 6) is -0.549. The van der Waals surface area contributed by atoms with Crippen LogP contribution in [0.5, 0.6) is 0 Å². The van der Waals surface area contributed by atoms with Gasteiger partial charge in [0.15, 0.2) is 0 Å². The lowest BCUT2D eigenvalue weighted by atomic mass is 10.0. The first-order valence-electron chi connectivity index (χ1n) is 6.56. The number of aliphatic hydroxyl groups excluding tert-OH is 1. The van der Waals surface area contributed by atoms with Crippen LogP contribution in [-0.2, 0) is 11.2 Å². The second kappa shape index (κ2) is 6.12. The van der Waals surface area contributed by atoms with Gasteiger partial charge >= 0.3 is 0 Å². The Bertz CT molecular complexity index is 436. The van der Waals surface area contributed by atoms with E-state index in [0.717, 1.165) is 18.4 Å². The topological polar surface area (TPSA) is 66.6 Å². The second-order valence-corrected chi connectivity index (χ2v) is 4.95. The van der Waals surface area contributed by atoms with Gasteiger partial charge in [-0.1, -0.05) is 12.1 Å². The molecular formula is C14H19FN2O2. The van der Waals surface area contributed by atoms with Crippen molar-refractivity contribution in [2.45, 2.75) is 38.0 Å². The van der Waals surface area contributed by atoms with E-state index in [2.05, 4.69) is 0 Å². The minimum Gasteiger partial charge on any atom is -0.374 e. The summed E-state index contributed by atoms with van der Waals surface area (Å²) in [6, 6.07) is 5.24. The fraction of sp³-hybridized carbons (Fsp3) is 0.500. The van der Waals surface area contributed by atoms with Crippen LogP contribution in [0.2, 0.25) is 0 Å². The molecule has 19 heavy (non-hydrogen) atoms. The van der Waals surface area contributed by atoms with E-state index in [-0.39, 0.29) is 11.7 Å². The molecule has 4 nitrogen and oxygen atoms in total. The Balaban J connectivity index is 1.96. The molecule has 1 aliphatic rings. The number of benzene rings is 1. The Morgan fingerprint density at radius 2 is 2.11 bits per heavy atom. The molecule has 1 saturated heterocycles. The van der Waals surface area contributed by atoms with Gasteiger partial charge < -0.3 is 15.7 Å². The van der Waals surface area contributed by atoms with E-state index in [1.165, 1.54) is 17.0 Å². The zero-order chi connectivity index (χ0) is 13.8. The Morgan fingerprint density at radius 1 is 1.42 bits per heavy atom. The van der Waals surface area contributed by atoms with Crippen molar-refractivity contribution >= 4 is 5.91 Å². The van der Waals surface area contributed by atoms with E-state index in [9.17, 15) is 14.3 Å². The SMILES string of the molecule is N[C@@H](Cc1ccc(F)cc1)C(=O)N1CCCCC1O. The number of nitrogens with zero attached hydrogens (tertiary/aromatic N) is 1. The van der Waals surface area contributed by atoms with Crippen LogP contribution in [0.25, 0.3) is 0 Å². The molecule has 0 bridgehead atoms. The lowest BCUT2D eigenvalue weighted by Crippen LogP contribution is -2.51. The zero-order valence-electron chi connectivity index (χ0n) is 10.8. The molecule has 1 aliphatic heterocycles.